The topological polar surface area (TPSA) is 75.5 Å². The summed E-state index contributed by atoms with van der Waals surface area (Å²) in [5.41, 5.74) is 0.0221. The van der Waals surface area contributed by atoms with Crippen LogP contribution in [0.25, 0.3) is 10.9 Å². The molecule has 22 heavy (non-hydrogen) atoms. The Morgan fingerprint density at radius 1 is 1.36 bits per heavy atom. The van der Waals surface area contributed by atoms with Crippen molar-refractivity contribution in [1.29, 1.82) is 0 Å². The Labute approximate surface area is 123 Å². The van der Waals surface area contributed by atoms with Crippen LogP contribution in [0.2, 0.25) is 0 Å². The van der Waals surface area contributed by atoms with E-state index < -0.39 is 24.5 Å². The highest BCUT2D eigenvalue weighted by molar-refractivity contribution is 5.91. The van der Waals surface area contributed by atoms with Gasteiger partial charge in [-0.15, -0.1) is 0 Å². The van der Waals surface area contributed by atoms with Crippen LogP contribution in [0.1, 0.15) is 5.82 Å². The third kappa shape index (κ3) is 3.18. The van der Waals surface area contributed by atoms with Gasteiger partial charge in [-0.3, -0.25) is 4.79 Å². The molecule has 1 aromatic heterocycles. The van der Waals surface area contributed by atoms with Crippen LogP contribution < -0.4 is 9.64 Å². The highest BCUT2D eigenvalue weighted by atomic mass is 19.4. The molecule has 0 unspecified atom stereocenters. The number of hydrogen-bond donors (Lipinski definition) is 1. The largest absolute Gasteiger partial charge is 0.497 e. The van der Waals surface area contributed by atoms with Crippen molar-refractivity contribution in [2.24, 2.45) is 0 Å². The number of likely N-dealkylation sites (N-methyl/N-ethyl adjacent to an activating group) is 1. The fourth-order valence-corrected chi connectivity index (χ4v) is 1.92. The van der Waals surface area contributed by atoms with Crippen molar-refractivity contribution in [2.45, 2.75) is 6.18 Å². The summed E-state index contributed by atoms with van der Waals surface area (Å²) in [4.78, 5) is 18.8. The second-order valence-corrected chi connectivity index (χ2v) is 4.50. The molecular formula is C13H12F3N3O3. The average Bonchev–Trinajstić information content (AvgIpc) is 2.43. The lowest BCUT2D eigenvalue weighted by Crippen LogP contribution is -2.27. The number of aromatic nitrogens is 2. The molecule has 1 heterocycles. The van der Waals surface area contributed by atoms with Crippen molar-refractivity contribution in [2.75, 3.05) is 25.6 Å². The zero-order valence-electron chi connectivity index (χ0n) is 11.7. The van der Waals surface area contributed by atoms with Crippen molar-refractivity contribution in [3.63, 3.8) is 0 Å². The first-order valence-corrected chi connectivity index (χ1v) is 6.08. The van der Waals surface area contributed by atoms with Crippen molar-refractivity contribution in [1.82, 2.24) is 9.97 Å². The minimum atomic E-state index is -4.74. The van der Waals surface area contributed by atoms with E-state index in [2.05, 4.69) is 9.97 Å². The van der Waals surface area contributed by atoms with Gasteiger partial charge >= 0.3 is 12.1 Å². The van der Waals surface area contributed by atoms with Gasteiger partial charge in [-0.25, -0.2) is 9.97 Å². The van der Waals surface area contributed by atoms with Crippen molar-refractivity contribution < 1.29 is 27.8 Å². The van der Waals surface area contributed by atoms with Crippen molar-refractivity contribution in [3.8, 4) is 5.75 Å². The summed E-state index contributed by atoms with van der Waals surface area (Å²) in [7, 11) is 2.73. The Morgan fingerprint density at radius 2 is 2.05 bits per heavy atom. The Kier molecular flexibility index (Phi) is 4.07. The Balaban J connectivity index is 2.68. The number of aliphatic carboxylic acids is 1. The lowest BCUT2D eigenvalue weighted by atomic mass is 10.2. The number of carboxylic acid groups (broad SMARTS) is 1. The molecule has 9 heteroatoms. The van der Waals surface area contributed by atoms with Crippen molar-refractivity contribution in [3.05, 3.63) is 24.0 Å². The van der Waals surface area contributed by atoms with Crippen LogP contribution in [0.3, 0.4) is 0 Å². The molecule has 0 radical (unpaired) electrons. The first kappa shape index (κ1) is 15.8. The number of benzene rings is 1. The minimum absolute atomic E-state index is 0.0221. The molecule has 6 nitrogen and oxygen atoms in total. The number of fused-ring (bicyclic) bond motifs is 1. The van der Waals surface area contributed by atoms with Crippen LogP contribution in [-0.2, 0) is 11.0 Å². The van der Waals surface area contributed by atoms with Crippen molar-refractivity contribution >= 4 is 22.7 Å². The van der Waals surface area contributed by atoms with E-state index in [1.807, 2.05) is 0 Å². The number of hydrogen-bond acceptors (Lipinski definition) is 5. The maximum Gasteiger partial charge on any atom is 0.451 e. The average molecular weight is 315 g/mol. The molecule has 118 valence electrons. The van der Waals surface area contributed by atoms with Crippen LogP contribution >= 0.6 is 0 Å². The van der Waals surface area contributed by atoms with Crippen LogP contribution in [0.4, 0.5) is 19.0 Å². The Hall–Kier alpha value is -2.58. The van der Waals surface area contributed by atoms with E-state index in [-0.39, 0.29) is 11.3 Å². The van der Waals surface area contributed by atoms with Gasteiger partial charge in [0.05, 0.1) is 12.6 Å². The first-order chi connectivity index (χ1) is 10.2. The van der Waals surface area contributed by atoms with Gasteiger partial charge in [0.2, 0.25) is 5.82 Å². The molecule has 1 aromatic carbocycles. The number of alkyl halides is 3. The zero-order valence-corrected chi connectivity index (χ0v) is 11.7. The number of anilines is 1. The molecule has 0 bridgehead atoms. The number of methoxy groups -OCH3 is 1. The molecule has 2 aromatic rings. The van der Waals surface area contributed by atoms with Gasteiger partial charge in [-0.1, -0.05) is 0 Å². The van der Waals surface area contributed by atoms with Crippen LogP contribution in [0.15, 0.2) is 18.2 Å². The molecule has 0 aliphatic rings. The summed E-state index contributed by atoms with van der Waals surface area (Å²) in [5.74, 6) is -2.29. The molecule has 0 amide bonds. The fraction of sp³-hybridized carbons (Fsp3) is 0.308. The summed E-state index contributed by atoms with van der Waals surface area (Å²) >= 11 is 0. The monoisotopic (exact) mass is 315 g/mol. The summed E-state index contributed by atoms with van der Waals surface area (Å²) in [5, 5.41) is 9.10. The number of rotatable bonds is 4. The molecule has 1 N–H and O–H groups in total. The van der Waals surface area contributed by atoms with E-state index >= 15 is 0 Å². The lowest BCUT2D eigenvalue weighted by molar-refractivity contribution is -0.144. The summed E-state index contributed by atoms with van der Waals surface area (Å²) in [6, 6.07) is 4.36. The van der Waals surface area contributed by atoms with E-state index in [9.17, 15) is 18.0 Å². The number of nitrogens with zero attached hydrogens (tertiary/aromatic N) is 3. The molecule has 0 spiro atoms. The van der Waals surface area contributed by atoms with E-state index in [0.29, 0.717) is 11.1 Å². The van der Waals surface area contributed by atoms with E-state index in [1.165, 1.54) is 32.4 Å². The zero-order chi connectivity index (χ0) is 16.5. The molecule has 0 aliphatic heterocycles. The molecule has 0 atom stereocenters. The standard InChI is InChI=1S/C13H12F3N3O3/c1-19(6-10(20)21)11-8-4-3-7(22-2)5-9(8)17-12(18-11)13(14,15)16/h3-5H,6H2,1-2H3,(H,20,21). The summed E-state index contributed by atoms with van der Waals surface area (Å²) in [6.45, 7) is -0.491. The summed E-state index contributed by atoms with van der Waals surface area (Å²) < 4.78 is 43.7. The fourth-order valence-electron chi connectivity index (χ4n) is 1.92. The Bertz CT molecular complexity index is 719. The molecule has 2 rings (SSSR count). The van der Waals surface area contributed by atoms with Gasteiger partial charge in [0, 0.05) is 18.5 Å². The first-order valence-electron chi connectivity index (χ1n) is 6.08. The highest BCUT2D eigenvalue weighted by Gasteiger charge is 2.36. The molecule has 0 saturated carbocycles. The second-order valence-electron chi connectivity index (χ2n) is 4.50. The number of carbonyl (C=O) groups is 1. The van der Waals surface area contributed by atoms with Crippen LogP contribution in [0.5, 0.6) is 5.75 Å². The van der Waals surface area contributed by atoms with Gasteiger partial charge in [0.25, 0.3) is 0 Å². The highest BCUT2D eigenvalue weighted by Crippen LogP contribution is 2.32. The molecule has 0 saturated heterocycles. The number of carboxylic acids is 1. The van der Waals surface area contributed by atoms with Gasteiger partial charge in [0.1, 0.15) is 18.1 Å². The molecular weight excluding hydrogens is 303 g/mol. The predicted molar refractivity (Wildman–Crippen MR) is 72.0 cm³/mol. The third-order valence-electron chi connectivity index (χ3n) is 2.87. The van der Waals surface area contributed by atoms with E-state index in [4.69, 9.17) is 9.84 Å². The van der Waals surface area contributed by atoms with Crippen LogP contribution in [-0.4, -0.2) is 41.7 Å². The maximum atomic E-state index is 12.9. The predicted octanol–water partition coefficient (Wildman–Crippen LogP) is 2.18. The number of ether oxygens (including phenoxy) is 1. The molecule has 0 aliphatic carbocycles. The second kappa shape index (κ2) is 5.66. The van der Waals surface area contributed by atoms with Gasteiger partial charge in [-0.05, 0) is 12.1 Å². The molecule has 0 fully saturated rings. The van der Waals surface area contributed by atoms with Gasteiger partial charge < -0.3 is 14.7 Å². The smallest absolute Gasteiger partial charge is 0.451 e. The quantitative estimate of drug-likeness (QED) is 0.932. The van der Waals surface area contributed by atoms with E-state index in [0.717, 1.165) is 4.90 Å². The van der Waals surface area contributed by atoms with Crippen LogP contribution in [0, 0.1) is 0 Å². The summed E-state index contributed by atoms with van der Waals surface area (Å²) in [6.07, 6.45) is -4.74. The normalized spacial score (nSPS) is 11.5. The van der Waals surface area contributed by atoms with E-state index in [1.54, 1.807) is 0 Å². The van der Waals surface area contributed by atoms with Gasteiger partial charge in [-0.2, -0.15) is 13.2 Å². The SMILES string of the molecule is COc1ccc2c(N(C)CC(=O)O)nc(C(F)(F)F)nc2c1. The number of halogens is 3. The lowest BCUT2D eigenvalue weighted by Gasteiger charge is -2.19. The third-order valence-corrected chi connectivity index (χ3v) is 2.87. The van der Waals surface area contributed by atoms with Gasteiger partial charge in [0.15, 0.2) is 0 Å². The Morgan fingerprint density at radius 3 is 2.59 bits per heavy atom. The minimum Gasteiger partial charge on any atom is -0.497 e. The maximum absolute atomic E-state index is 12.9.